The van der Waals surface area contributed by atoms with Crippen LogP contribution in [0.2, 0.25) is 0 Å². The zero-order valence-corrected chi connectivity index (χ0v) is 27.9. The summed E-state index contributed by atoms with van der Waals surface area (Å²) in [7, 11) is -2.80. The zero-order chi connectivity index (χ0) is 34.2. The molecule has 3 rings (SSSR count). The number of carbonyl (C=O) groups excluding carboxylic acids is 2. The van der Waals surface area contributed by atoms with E-state index in [1.54, 1.807) is 0 Å². The number of aliphatic hydroxyl groups is 1. The summed E-state index contributed by atoms with van der Waals surface area (Å²) >= 11 is 0. The molecule has 47 heavy (non-hydrogen) atoms. The molecule has 12 heteroatoms. The van der Waals surface area contributed by atoms with Gasteiger partial charge in [0, 0.05) is 30.2 Å². The van der Waals surface area contributed by atoms with E-state index in [1.165, 1.54) is 31.4 Å². The number of nitrogens with one attached hydrogen (secondary N) is 2. The first-order valence-electron chi connectivity index (χ1n) is 15.9. The van der Waals surface area contributed by atoms with Crippen molar-refractivity contribution in [3.63, 3.8) is 0 Å². The summed E-state index contributed by atoms with van der Waals surface area (Å²) in [5.41, 5.74) is 7.82. The Labute approximate surface area is 277 Å². The van der Waals surface area contributed by atoms with E-state index < -0.39 is 47.4 Å². The van der Waals surface area contributed by atoms with Crippen molar-refractivity contribution in [2.24, 2.45) is 0 Å². The Balaban J connectivity index is 1.81. The number of carbonyl (C=O) groups is 2. The topological polar surface area (TPSA) is 151 Å². The molecule has 5 N–H and O–H groups in total. The van der Waals surface area contributed by atoms with Gasteiger partial charge in [-0.3, -0.25) is 9.18 Å². The lowest BCUT2D eigenvalue weighted by atomic mass is 9.84. The molecule has 0 aliphatic carbocycles. The van der Waals surface area contributed by atoms with Crippen LogP contribution in [0, 0.1) is 0 Å². The first-order valence-corrected chi connectivity index (χ1v) is 17.4. The third kappa shape index (κ3) is 10.8. The van der Waals surface area contributed by atoms with Crippen LogP contribution in [0.15, 0.2) is 89.8 Å². The molecule has 10 nitrogen and oxygen atoms in total. The van der Waals surface area contributed by atoms with E-state index in [0.29, 0.717) is 24.9 Å². The molecule has 0 unspecified atom stereocenters. The van der Waals surface area contributed by atoms with Crippen LogP contribution in [0.5, 0.6) is 0 Å². The highest BCUT2D eigenvalue weighted by molar-refractivity contribution is 7.89. The van der Waals surface area contributed by atoms with Gasteiger partial charge in [0.15, 0.2) is 0 Å². The fourth-order valence-electron chi connectivity index (χ4n) is 5.73. The van der Waals surface area contributed by atoms with E-state index in [0.717, 1.165) is 21.9 Å². The number of rotatable bonds is 19. The minimum Gasteiger partial charge on any atom is -0.453 e. The van der Waals surface area contributed by atoms with Crippen LogP contribution >= 0.6 is 0 Å². The van der Waals surface area contributed by atoms with Gasteiger partial charge in [0.2, 0.25) is 15.9 Å². The second kappa shape index (κ2) is 19.0. The normalized spacial score (nSPS) is 13.6. The quantitative estimate of drug-likeness (QED) is 0.131. The summed E-state index contributed by atoms with van der Waals surface area (Å²) in [6.07, 6.45) is 1.88. The molecular formula is C35H47FN4O6S. The maximum Gasteiger partial charge on any atom is 0.407 e. The van der Waals surface area contributed by atoms with Crippen LogP contribution in [0.25, 0.3) is 0 Å². The molecule has 0 bridgehead atoms. The molecule has 3 aromatic carbocycles. The molecule has 0 saturated carbocycles. The van der Waals surface area contributed by atoms with Gasteiger partial charge in [-0.25, -0.2) is 13.2 Å². The van der Waals surface area contributed by atoms with Crippen molar-refractivity contribution in [3.8, 4) is 0 Å². The van der Waals surface area contributed by atoms with Crippen LogP contribution < -0.4 is 16.4 Å². The van der Waals surface area contributed by atoms with Crippen molar-refractivity contribution >= 4 is 27.7 Å². The molecule has 0 fully saturated rings. The number of hydrogen-bond donors (Lipinski definition) is 4. The number of ether oxygens (including phenoxy) is 1. The van der Waals surface area contributed by atoms with Crippen molar-refractivity contribution in [3.05, 3.63) is 96.1 Å². The van der Waals surface area contributed by atoms with Gasteiger partial charge in [-0.1, -0.05) is 74.0 Å². The van der Waals surface area contributed by atoms with E-state index in [9.17, 15) is 27.5 Å². The summed E-state index contributed by atoms with van der Waals surface area (Å²) in [5, 5.41) is 16.1. The van der Waals surface area contributed by atoms with E-state index in [1.807, 2.05) is 67.6 Å². The van der Waals surface area contributed by atoms with Crippen molar-refractivity contribution in [1.82, 2.24) is 14.9 Å². The number of hydrogen-bond acceptors (Lipinski definition) is 7. The number of sulfonamides is 1. The monoisotopic (exact) mass is 670 g/mol. The minimum atomic E-state index is -4.04. The van der Waals surface area contributed by atoms with Crippen molar-refractivity contribution < 1.29 is 32.2 Å². The Morgan fingerprint density at radius 2 is 1.49 bits per heavy atom. The number of halogens is 1. The number of methoxy groups -OCH3 is 1. The first-order chi connectivity index (χ1) is 22.7. The van der Waals surface area contributed by atoms with Gasteiger partial charge >= 0.3 is 6.09 Å². The van der Waals surface area contributed by atoms with Crippen LogP contribution in [0.3, 0.4) is 0 Å². The first kappa shape index (κ1) is 37.5. The standard InChI is InChI=1S/C35H47FN4O6S/c1-3-12-29(17-10-18-30(25-41)40(24-11-23-36)47(44,45)31-21-19-28(37)20-22-31)38-34(42)33(39-35(43)46-2)32(26-13-6-4-7-14-26)27-15-8-5-9-16-27/h4-9,13-16,19-22,29-30,32-33,41H,3,10-12,17-18,23-25,37H2,1-2H3,(H,38,42)(H,39,43)/t29-,30-,33-/m0/s1. The number of aliphatic hydroxyl groups excluding tert-OH is 1. The number of anilines is 1. The van der Waals surface area contributed by atoms with Crippen LogP contribution in [0.4, 0.5) is 14.9 Å². The third-order valence-corrected chi connectivity index (χ3v) is 10.0. The molecule has 0 aliphatic rings. The van der Waals surface area contributed by atoms with E-state index in [2.05, 4.69) is 10.6 Å². The van der Waals surface area contributed by atoms with Crippen LogP contribution in [-0.4, -0.2) is 74.9 Å². The van der Waals surface area contributed by atoms with Gasteiger partial charge in [0.1, 0.15) is 6.04 Å². The largest absolute Gasteiger partial charge is 0.453 e. The maximum absolute atomic E-state index is 14.0. The van der Waals surface area contributed by atoms with Crippen LogP contribution in [-0.2, 0) is 19.6 Å². The Kier molecular flexibility index (Phi) is 15.1. The Morgan fingerprint density at radius 1 is 0.894 bits per heavy atom. The third-order valence-electron chi connectivity index (χ3n) is 8.08. The number of benzene rings is 3. The molecule has 0 radical (unpaired) electrons. The summed E-state index contributed by atoms with van der Waals surface area (Å²) in [6, 6.07) is 22.5. The molecular weight excluding hydrogens is 623 g/mol. The van der Waals surface area contributed by atoms with E-state index in [4.69, 9.17) is 10.5 Å². The fraction of sp³-hybridized carbons (Fsp3) is 0.429. The maximum atomic E-state index is 14.0. The van der Waals surface area contributed by atoms with Gasteiger partial charge in [-0.2, -0.15) is 4.31 Å². The van der Waals surface area contributed by atoms with E-state index >= 15 is 0 Å². The number of nitrogens with zero attached hydrogens (tertiary/aromatic N) is 1. The molecule has 256 valence electrons. The number of alkyl halides is 1. The lowest BCUT2D eigenvalue weighted by molar-refractivity contribution is -0.124. The highest BCUT2D eigenvalue weighted by Gasteiger charge is 2.34. The molecule has 2 amide bonds. The van der Waals surface area contributed by atoms with Crippen molar-refractivity contribution in [2.75, 3.05) is 32.7 Å². The molecule has 0 aliphatic heterocycles. The smallest absolute Gasteiger partial charge is 0.407 e. The van der Waals surface area contributed by atoms with Gasteiger partial charge in [0.05, 0.1) is 25.3 Å². The lowest BCUT2D eigenvalue weighted by Crippen LogP contribution is -2.52. The highest BCUT2D eigenvalue weighted by atomic mass is 32.2. The number of alkyl carbamates (subject to hydrolysis) is 1. The average molecular weight is 671 g/mol. The predicted molar refractivity (Wildman–Crippen MR) is 181 cm³/mol. The zero-order valence-electron chi connectivity index (χ0n) is 27.1. The number of nitrogens with two attached hydrogens (primary N) is 1. The molecule has 3 atom stereocenters. The van der Waals surface area contributed by atoms with Gasteiger partial charge < -0.3 is 26.2 Å². The predicted octanol–water partition coefficient (Wildman–Crippen LogP) is 4.99. The van der Waals surface area contributed by atoms with Crippen molar-refractivity contribution in [1.29, 1.82) is 0 Å². The van der Waals surface area contributed by atoms with E-state index in [-0.39, 0.29) is 36.2 Å². The highest BCUT2D eigenvalue weighted by Crippen LogP contribution is 2.29. The van der Waals surface area contributed by atoms with Crippen LogP contribution in [0.1, 0.15) is 62.5 Å². The Hall–Kier alpha value is -4.00. The minimum absolute atomic E-state index is 0.00988. The van der Waals surface area contributed by atoms with Gasteiger partial charge in [-0.05, 0) is 67.5 Å². The average Bonchev–Trinajstić information content (AvgIpc) is 3.08. The fourth-order valence-corrected chi connectivity index (χ4v) is 7.41. The molecule has 3 aromatic rings. The number of amides is 2. The Bertz CT molecular complexity index is 1440. The molecule has 0 heterocycles. The Morgan fingerprint density at radius 3 is 2.00 bits per heavy atom. The molecule has 0 saturated heterocycles. The van der Waals surface area contributed by atoms with Crippen molar-refractivity contribution in [2.45, 2.75) is 74.4 Å². The summed E-state index contributed by atoms with van der Waals surface area (Å²) in [6.45, 7) is 0.746. The summed E-state index contributed by atoms with van der Waals surface area (Å²) in [4.78, 5) is 26.5. The SMILES string of the molecule is CCC[C@@H](CCC[C@@H](CO)N(CCCF)S(=O)(=O)c1ccc(N)cc1)NC(=O)[C@@H](NC(=O)OC)C(c1ccccc1)c1ccccc1. The van der Waals surface area contributed by atoms with Gasteiger partial charge in [-0.15, -0.1) is 0 Å². The van der Waals surface area contributed by atoms with Gasteiger partial charge in [0.25, 0.3) is 0 Å². The summed E-state index contributed by atoms with van der Waals surface area (Å²) in [5.74, 6) is -0.902. The number of nitrogen functional groups attached to an aromatic ring is 1. The molecule has 0 spiro atoms. The second-order valence-corrected chi connectivity index (χ2v) is 13.3. The second-order valence-electron chi connectivity index (χ2n) is 11.4. The summed E-state index contributed by atoms with van der Waals surface area (Å²) < 4.78 is 46.3. The lowest BCUT2D eigenvalue weighted by Gasteiger charge is -2.31. The molecule has 0 aromatic heterocycles.